The number of aliphatic hydroxyl groups is 2. The lowest BCUT2D eigenvalue weighted by Gasteiger charge is -2.16. The van der Waals surface area contributed by atoms with Gasteiger partial charge in [-0.3, -0.25) is 9.59 Å². The predicted octanol–water partition coefficient (Wildman–Crippen LogP) is 2.15. The number of amides is 1. The summed E-state index contributed by atoms with van der Waals surface area (Å²) in [5.74, 6) is -1.44. The van der Waals surface area contributed by atoms with E-state index in [1.165, 1.54) is 42.5 Å². The first kappa shape index (κ1) is 20.1. The minimum Gasteiger partial charge on any atom is -0.394 e. The summed E-state index contributed by atoms with van der Waals surface area (Å²) in [5, 5.41) is 22.6. The van der Waals surface area contributed by atoms with Crippen LogP contribution in [0.4, 0.5) is 13.2 Å². The number of benzene rings is 2. The topological polar surface area (TPSA) is 102 Å². The second kappa shape index (κ2) is 7.26. The SMILES string of the molecule is O=C1NC(CO)C(O)C1c1ccc2cc(-c3ccccc3C(F)(F)F)[nH]c(=O)c2c1. The van der Waals surface area contributed by atoms with Crippen molar-refractivity contribution in [2.75, 3.05) is 6.61 Å². The summed E-state index contributed by atoms with van der Waals surface area (Å²) in [4.78, 5) is 27.3. The van der Waals surface area contributed by atoms with Gasteiger partial charge in [0, 0.05) is 16.6 Å². The zero-order valence-electron chi connectivity index (χ0n) is 15.4. The van der Waals surface area contributed by atoms with Crippen molar-refractivity contribution in [3.8, 4) is 11.3 Å². The van der Waals surface area contributed by atoms with Gasteiger partial charge in [-0.2, -0.15) is 13.2 Å². The fourth-order valence-corrected chi connectivity index (χ4v) is 3.83. The Labute approximate surface area is 168 Å². The van der Waals surface area contributed by atoms with Crippen LogP contribution in [-0.2, 0) is 11.0 Å². The van der Waals surface area contributed by atoms with Crippen molar-refractivity contribution in [1.82, 2.24) is 10.3 Å². The van der Waals surface area contributed by atoms with E-state index in [1.54, 1.807) is 0 Å². The molecule has 4 rings (SSSR count). The number of carbonyl (C=O) groups is 1. The van der Waals surface area contributed by atoms with Crippen LogP contribution < -0.4 is 10.9 Å². The molecular weight excluding hydrogens is 401 g/mol. The van der Waals surface area contributed by atoms with E-state index in [1.807, 2.05) is 0 Å². The van der Waals surface area contributed by atoms with Gasteiger partial charge in [-0.05, 0) is 29.1 Å². The Balaban J connectivity index is 1.81. The number of halogens is 3. The highest BCUT2D eigenvalue weighted by Gasteiger charge is 2.41. The third-order valence-electron chi connectivity index (χ3n) is 5.31. The van der Waals surface area contributed by atoms with E-state index in [0.29, 0.717) is 10.9 Å². The third-order valence-corrected chi connectivity index (χ3v) is 5.31. The number of hydrogen-bond acceptors (Lipinski definition) is 4. The first-order valence-electron chi connectivity index (χ1n) is 9.13. The molecule has 1 aliphatic heterocycles. The fourth-order valence-electron chi connectivity index (χ4n) is 3.83. The smallest absolute Gasteiger partial charge is 0.394 e. The van der Waals surface area contributed by atoms with Gasteiger partial charge in [-0.15, -0.1) is 0 Å². The van der Waals surface area contributed by atoms with Crippen LogP contribution in [0.15, 0.2) is 53.3 Å². The van der Waals surface area contributed by atoms with Gasteiger partial charge in [0.15, 0.2) is 0 Å². The Kier molecular flexibility index (Phi) is 4.87. The lowest BCUT2D eigenvalue weighted by Crippen LogP contribution is -2.35. The van der Waals surface area contributed by atoms with Crippen molar-refractivity contribution in [1.29, 1.82) is 0 Å². The lowest BCUT2D eigenvalue weighted by atomic mass is 9.91. The standard InChI is InChI=1S/C21H17F3N2O4/c22-21(23,24)14-4-2-1-3-12(14)15-8-10-5-6-11(7-13(10)19(29)25-15)17-18(28)16(9-27)26-20(17)30/h1-8,16-18,27-28H,9H2,(H,25,29)(H,26,30). The zero-order chi connectivity index (χ0) is 21.6. The molecule has 3 unspecified atom stereocenters. The fraction of sp³-hybridized carbons (Fsp3) is 0.238. The minimum atomic E-state index is -4.58. The summed E-state index contributed by atoms with van der Waals surface area (Å²) in [6, 6.07) is 10.1. The molecule has 0 aliphatic carbocycles. The van der Waals surface area contributed by atoms with E-state index in [-0.39, 0.29) is 16.6 Å². The minimum absolute atomic E-state index is 0.0205. The summed E-state index contributed by atoms with van der Waals surface area (Å²) in [7, 11) is 0. The van der Waals surface area contributed by atoms with Crippen molar-refractivity contribution in [2.24, 2.45) is 0 Å². The first-order valence-corrected chi connectivity index (χ1v) is 9.13. The van der Waals surface area contributed by atoms with Crippen molar-refractivity contribution >= 4 is 16.7 Å². The average Bonchev–Trinajstić information content (AvgIpc) is 3.00. The van der Waals surface area contributed by atoms with Crippen LogP contribution >= 0.6 is 0 Å². The maximum atomic E-state index is 13.3. The number of pyridine rings is 1. The van der Waals surface area contributed by atoms with Gasteiger partial charge in [0.05, 0.1) is 30.2 Å². The molecule has 0 saturated carbocycles. The molecule has 0 bridgehead atoms. The summed E-state index contributed by atoms with van der Waals surface area (Å²) < 4.78 is 40.0. The van der Waals surface area contributed by atoms with Crippen LogP contribution in [0.1, 0.15) is 17.0 Å². The largest absolute Gasteiger partial charge is 0.417 e. The molecule has 1 fully saturated rings. The molecule has 1 amide bonds. The molecule has 30 heavy (non-hydrogen) atoms. The number of aromatic nitrogens is 1. The number of carbonyl (C=O) groups excluding carboxylic acids is 1. The normalized spacial score (nSPS) is 21.8. The number of nitrogens with one attached hydrogen (secondary N) is 2. The van der Waals surface area contributed by atoms with Gasteiger partial charge in [-0.1, -0.05) is 30.3 Å². The Morgan fingerprint density at radius 2 is 1.77 bits per heavy atom. The number of fused-ring (bicyclic) bond motifs is 1. The number of H-pyrrole nitrogens is 1. The molecule has 1 saturated heterocycles. The molecule has 0 spiro atoms. The van der Waals surface area contributed by atoms with E-state index in [2.05, 4.69) is 10.3 Å². The van der Waals surface area contributed by atoms with Crippen LogP contribution in [0.2, 0.25) is 0 Å². The van der Waals surface area contributed by atoms with Gasteiger partial charge in [0.2, 0.25) is 5.91 Å². The van der Waals surface area contributed by atoms with Crippen LogP contribution in [-0.4, -0.2) is 39.9 Å². The average molecular weight is 418 g/mol. The molecule has 4 N–H and O–H groups in total. The van der Waals surface area contributed by atoms with Crippen molar-refractivity contribution in [2.45, 2.75) is 24.2 Å². The highest BCUT2D eigenvalue weighted by atomic mass is 19.4. The Morgan fingerprint density at radius 1 is 1.03 bits per heavy atom. The third kappa shape index (κ3) is 3.35. The maximum absolute atomic E-state index is 13.3. The highest BCUT2D eigenvalue weighted by Crippen LogP contribution is 2.37. The highest BCUT2D eigenvalue weighted by molar-refractivity contribution is 5.91. The number of rotatable bonds is 3. The summed E-state index contributed by atoms with van der Waals surface area (Å²) in [5.41, 5.74) is -1.24. The van der Waals surface area contributed by atoms with Crippen molar-refractivity contribution < 1.29 is 28.2 Å². The lowest BCUT2D eigenvalue weighted by molar-refractivity contribution is -0.137. The van der Waals surface area contributed by atoms with Crippen LogP contribution in [0.5, 0.6) is 0 Å². The molecule has 3 atom stereocenters. The molecule has 3 aromatic rings. The molecular formula is C21H17F3N2O4. The number of aliphatic hydroxyl groups excluding tert-OH is 2. The summed E-state index contributed by atoms with van der Waals surface area (Å²) >= 11 is 0. The molecule has 2 heterocycles. The van der Waals surface area contributed by atoms with Crippen molar-refractivity contribution in [3.05, 3.63) is 70.0 Å². The monoisotopic (exact) mass is 418 g/mol. The van der Waals surface area contributed by atoms with E-state index in [4.69, 9.17) is 0 Å². The van der Waals surface area contributed by atoms with E-state index < -0.39 is 47.9 Å². The van der Waals surface area contributed by atoms with Crippen LogP contribution in [0.25, 0.3) is 22.0 Å². The second-order valence-corrected chi connectivity index (χ2v) is 7.17. The summed E-state index contributed by atoms with van der Waals surface area (Å²) in [6.07, 6.45) is -5.75. The van der Waals surface area contributed by atoms with E-state index in [0.717, 1.165) is 6.07 Å². The van der Waals surface area contributed by atoms with Crippen LogP contribution in [0, 0.1) is 0 Å². The summed E-state index contributed by atoms with van der Waals surface area (Å²) in [6.45, 7) is -0.431. The van der Waals surface area contributed by atoms with Gasteiger partial charge in [0.25, 0.3) is 5.56 Å². The van der Waals surface area contributed by atoms with Gasteiger partial charge < -0.3 is 20.5 Å². The van der Waals surface area contributed by atoms with Crippen LogP contribution in [0.3, 0.4) is 0 Å². The van der Waals surface area contributed by atoms with E-state index >= 15 is 0 Å². The maximum Gasteiger partial charge on any atom is 0.417 e. The molecule has 0 radical (unpaired) electrons. The number of hydrogen-bond donors (Lipinski definition) is 4. The second-order valence-electron chi connectivity index (χ2n) is 7.17. The van der Waals surface area contributed by atoms with Gasteiger partial charge in [-0.25, -0.2) is 0 Å². The predicted molar refractivity (Wildman–Crippen MR) is 103 cm³/mol. The van der Waals surface area contributed by atoms with Crippen molar-refractivity contribution in [3.63, 3.8) is 0 Å². The quantitative estimate of drug-likeness (QED) is 0.524. The molecule has 1 aromatic heterocycles. The number of aromatic amines is 1. The Morgan fingerprint density at radius 3 is 2.43 bits per heavy atom. The first-order chi connectivity index (χ1) is 14.2. The molecule has 2 aromatic carbocycles. The van der Waals surface area contributed by atoms with E-state index in [9.17, 15) is 33.0 Å². The van der Waals surface area contributed by atoms with Gasteiger partial charge >= 0.3 is 6.18 Å². The molecule has 1 aliphatic rings. The molecule has 6 nitrogen and oxygen atoms in total. The number of alkyl halides is 3. The molecule has 9 heteroatoms. The van der Waals surface area contributed by atoms with Gasteiger partial charge in [0.1, 0.15) is 0 Å². The Bertz CT molecular complexity index is 1190. The zero-order valence-corrected chi connectivity index (χ0v) is 15.4. The molecule has 156 valence electrons. The Hall–Kier alpha value is -3.17.